The molecule has 0 aliphatic rings. The lowest BCUT2D eigenvalue weighted by Gasteiger charge is -2.16. The first-order valence-electron chi connectivity index (χ1n) is 6.77. The van der Waals surface area contributed by atoms with Crippen LogP contribution in [-0.2, 0) is 12.7 Å². The van der Waals surface area contributed by atoms with Gasteiger partial charge in [-0.25, -0.2) is 4.98 Å². The molecular weight excluding hydrogens is 327 g/mol. The summed E-state index contributed by atoms with van der Waals surface area (Å²) in [5.74, 6) is 0. The molecule has 1 aromatic heterocycles. The zero-order valence-corrected chi connectivity index (χ0v) is 12.9. The molecule has 1 aromatic carbocycles. The van der Waals surface area contributed by atoms with Crippen LogP contribution < -0.4 is 5.32 Å². The maximum atomic E-state index is 12.6. The van der Waals surface area contributed by atoms with Crippen molar-refractivity contribution in [2.45, 2.75) is 25.7 Å². The molecule has 0 fully saturated rings. The lowest BCUT2D eigenvalue weighted by molar-refractivity contribution is -0.141. The number of halogens is 4. The molecule has 23 heavy (non-hydrogen) atoms. The van der Waals surface area contributed by atoms with Gasteiger partial charge < -0.3 is 5.32 Å². The highest BCUT2D eigenvalue weighted by molar-refractivity contribution is 6.30. The fourth-order valence-electron chi connectivity index (χ4n) is 2.06. The first kappa shape index (κ1) is 17.3. The standard InChI is InChI=1S/C16H13ClF3N3/c1-10(22-9-12-4-2-3-11(7-12)8-21)13-5-6-14(16(18,19)20)23-15(13)17/h2-7,10,22H,9H2,1H3. The Labute approximate surface area is 136 Å². The fraction of sp³-hybridized carbons (Fsp3) is 0.250. The van der Waals surface area contributed by atoms with Gasteiger partial charge in [-0.1, -0.05) is 29.8 Å². The number of alkyl halides is 3. The molecule has 0 amide bonds. The van der Waals surface area contributed by atoms with Gasteiger partial charge in [-0.3, -0.25) is 0 Å². The van der Waals surface area contributed by atoms with Gasteiger partial charge in [0.2, 0.25) is 0 Å². The molecule has 2 aromatic rings. The predicted molar refractivity (Wildman–Crippen MR) is 80.7 cm³/mol. The van der Waals surface area contributed by atoms with Crippen LogP contribution in [0.4, 0.5) is 13.2 Å². The largest absolute Gasteiger partial charge is 0.433 e. The molecule has 120 valence electrons. The number of hydrogen-bond donors (Lipinski definition) is 1. The second-order valence-corrected chi connectivity index (χ2v) is 5.35. The quantitative estimate of drug-likeness (QED) is 0.836. The Bertz CT molecular complexity index is 738. The van der Waals surface area contributed by atoms with Crippen LogP contribution in [0.5, 0.6) is 0 Å². The molecule has 0 spiro atoms. The van der Waals surface area contributed by atoms with Crippen LogP contribution in [0.25, 0.3) is 0 Å². The molecule has 0 aliphatic carbocycles. The zero-order valence-electron chi connectivity index (χ0n) is 12.2. The van der Waals surface area contributed by atoms with Crippen molar-refractivity contribution in [2.75, 3.05) is 0 Å². The van der Waals surface area contributed by atoms with Gasteiger partial charge in [-0.15, -0.1) is 0 Å². The SMILES string of the molecule is CC(NCc1cccc(C#N)c1)c1ccc(C(F)(F)F)nc1Cl. The molecule has 0 radical (unpaired) electrons. The van der Waals surface area contributed by atoms with Gasteiger partial charge in [0.25, 0.3) is 0 Å². The number of nitrogens with zero attached hydrogens (tertiary/aromatic N) is 2. The summed E-state index contributed by atoms with van der Waals surface area (Å²) in [5.41, 5.74) is 0.911. The van der Waals surface area contributed by atoms with Crippen molar-refractivity contribution < 1.29 is 13.2 Å². The first-order chi connectivity index (χ1) is 10.8. The van der Waals surface area contributed by atoms with Crippen molar-refractivity contribution >= 4 is 11.6 Å². The Morgan fingerprint density at radius 2 is 2.04 bits per heavy atom. The molecule has 1 heterocycles. The molecular formula is C16H13ClF3N3. The molecule has 1 unspecified atom stereocenters. The highest BCUT2D eigenvalue weighted by Crippen LogP contribution is 2.31. The number of nitrogens with one attached hydrogen (secondary N) is 1. The van der Waals surface area contributed by atoms with Crippen molar-refractivity contribution in [3.8, 4) is 6.07 Å². The number of rotatable bonds is 4. The minimum absolute atomic E-state index is 0.175. The lowest BCUT2D eigenvalue weighted by atomic mass is 10.1. The fourth-order valence-corrected chi connectivity index (χ4v) is 2.38. The van der Waals surface area contributed by atoms with E-state index < -0.39 is 11.9 Å². The number of pyridine rings is 1. The van der Waals surface area contributed by atoms with E-state index in [1.807, 2.05) is 6.07 Å². The van der Waals surface area contributed by atoms with Gasteiger partial charge in [0.05, 0.1) is 11.6 Å². The maximum absolute atomic E-state index is 12.6. The molecule has 0 saturated heterocycles. The minimum Gasteiger partial charge on any atom is -0.306 e. The van der Waals surface area contributed by atoms with Crippen molar-refractivity contribution in [1.82, 2.24) is 10.3 Å². The average Bonchev–Trinajstić information content (AvgIpc) is 2.51. The van der Waals surface area contributed by atoms with Crippen molar-refractivity contribution in [2.24, 2.45) is 0 Å². The topological polar surface area (TPSA) is 48.7 Å². The molecule has 0 bridgehead atoms. The summed E-state index contributed by atoms with van der Waals surface area (Å²) < 4.78 is 37.7. The van der Waals surface area contributed by atoms with Crippen molar-refractivity contribution in [1.29, 1.82) is 5.26 Å². The second kappa shape index (κ2) is 6.99. The molecule has 0 saturated carbocycles. The summed E-state index contributed by atoms with van der Waals surface area (Å²) >= 11 is 5.87. The van der Waals surface area contributed by atoms with Crippen LogP contribution in [0.15, 0.2) is 36.4 Å². The first-order valence-corrected chi connectivity index (χ1v) is 7.15. The molecule has 1 N–H and O–H groups in total. The summed E-state index contributed by atoms with van der Waals surface area (Å²) in [4.78, 5) is 3.41. The van der Waals surface area contributed by atoms with Gasteiger partial charge in [0.15, 0.2) is 0 Å². The molecule has 0 aliphatic heterocycles. The Morgan fingerprint density at radius 3 is 2.65 bits per heavy atom. The molecule has 3 nitrogen and oxygen atoms in total. The number of hydrogen-bond acceptors (Lipinski definition) is 3. The highest BCUT2D eigenvalue weighted by atomic mass is 35.5. The highest BCUT2D eigenvalue weighted by Gasteiger charge is 2.33. The summed E-state index contributed by atoms with van der Waals surface area (Å²) in [5, 5.41) is 11.8. The summed E-state index contributed by atoms with van der Waals surface area (Å²) in [7, 11) is 0. The van der Waals surface area contributed by atoms with Gasteiger partial charge in [0, 0.05) is 18.2 Å². The Hall–Kier alpha value is -2.10. The summed E-state index contributed by atoms with van der Waals surface area (Å²) in [6.45, 7) is 2.23. The Morgan fingerprint density at radius 1 is 1.30 bits per heavy atom. The van der Waals surface area contributed by atoms with E-state index >= 15 is 0 Å². The Kier molecular flexibility index (Phi) is 5.24. The van der Waals surface area contributed by atoms with E-state index in [4.69, 9.17) is 16.9 Å². The molecule has 1 atom stereocenters. The van der Waals surface area contributed by atoms with Crippen LogP contribution in [0.1, 0.15) is 35.3 Å². The van der Waals surface area contributed by atoms with Gasteiger partial charge >= 0.3 is 6.18 Å². The van der Waals surface area contributed by atoms with Crippen LogP contribution in [0.2, 0.25) is 5.15 Å². The number of benzene rings is 1. The monoisotopic (exact) mass is 339 g/mol. The third-order valence-corrected chi connectivity index (χ3v) is 3.61. The summed E-state index contributed by atoms with van der Waals surface area (Å²) in [6.07, 6.45) is -4.52. The Balaban J connectivity index is 2.09. The predicted octanol–water partition coefficient (Wildman–Crippen LogP) is 4.48. The van der Waals surface area contributed by atoms with Gasteiger partial charge in [0.1, 0.15) is 10.8 Å². The van der Waals surface area contributed by atoms with E-state index in [9.17, 15) is 13.2 Å². The zero-order chi connectivity index (χ0) is 17.0. The minimum atomic E-state index is -4.52. The smallest absolute Gasteiger partial charge is 0.306 e. The lowest BCUT2D eigenvalue weighted by Crippen LogP contribution is -2.19. The van der Waals surface area contributed by atoms with Gasteiger partial charge in [-0.2, -0.15) is 18.4 Å². The maximum Gasteiger partial charge on any atom is 0.433 e. The van der Waals surface area contributed by atoms with Crippen LogP contribution in [0, 0.1) is 11.3 Å². The van der Waals surface area contributed by atoms with E-state index in [0.29, 0.717) is 17.7 Å². The number of nitriles is 1. The molecule has 2 rings (SSSR count). The third kappa shape index (κ3) is 4.44. The van der Waals surface area contributed by atoms with Crippen molar-refractivity contribution in [3.05, 3.63) is 63.9 Å². The van der Waals surface area contributed by atoms with E-state index in [-0.39, 0.29) is 11.2 Å². The van der Waals surface area contributed by atoms with E-state index in [1.54, 1.807) is 25.1 Å². The van der Waals surface area contributed by atoms with Crippen LogP contribution in [0.3, 0.4) is 0 Å². The second-order valence-electron chi connectivity index (χ2n) is 4.99. The van der Waals surface area contributed by atoms with Crippen molar-refractivity contribution in [3.63, 3.8) is 0 Å². The van der Waals surface area contributed by atoms with Gasteiger partial charge in [-0.05, 0) is 30.7 Å². The van der Waals surface area contributed by atoms with E-state index in [2.05, 4.69) is 16.4 Å². The van der Waals surface area contributed by atoms with E-state index in [1.165, 1.54) is 6.07 Å². The van der Waals surface area contributed by atoms with E-state index in [0.717, 1.165) is 11.6 Å². The normalized spacial score (nSPS) is 12.7. The summed E-state index contributed by atoms with van der Waals surface area (Å²) in [6, 6.07) is 11.1. The third-order valence-electron chi connectivity index (χ3n) is 3.30. The van der Waals surface area contributed by atoms with Crippen LogP contribution >= 0.6 is 11.6 Å². The number of aromatic nitrogens is 1. The molecule has 7 heteroatoms. The van der Waals surface area contributed by atoms with Crippen LogP contribution in [-0.4, -0.2) is 4.98 Å². The average molecular weight is 340 g/mol.